The van der Waals surface area contributed by atoms with Crippen LogP contribution in [0.4, 0.5) is 0 Å². The molecular weight excluding hydrogens is 246 g/mol. The van der Waals surface area contributed by atoms with Gasteiger partial charge in [-0.15, -0.1) is 0 Å². The van der Waals surface area contributed by atoms with Gasteiger partial charge in [0.15, 0.2) is 5.78 Å². The van der Waals surface area contributed by atoms with Gasteiger partial charge in [0.05, 0.1) is 5.56 Å². The molecule has 5 heteroatoms. The van der Waals surface area contributed by atoms with E-state index in [1.165, 1.54) is 11.8 Å². The molecule has 1 aromatic rings. The monoisotopic (exact) mass is 263 g/mol. The Morgan fingerprint density at radius 3 is 2.21 bits per heavy atom. The summed E-state index contributed by atoms with van der Waals surface area (Å²) in [6.07, 6.45) is 0.654. The molecular formula is C14H17NO4. The van der Waals surface area contributed by atoms with Crippen molar-refractivity contribution in [2.75, 3.05) is 13.1 Å². The van der Waals surface area contributed by atoms with Gasteiger partial charge in [-0.1, -0.05) is 25.1 Å². The quantitative estimate of drug-likeness (QED) is 0.794. The molecule has 0 bridgehead atoms. The largest absolute Gasteiger partial charge is 0.480 e. The molecule has 0 atom stereocenters. The molecule has 0 saturated carbocycles. The lowest BCUT2D eigenvalue weighted by Gasteiger charge is -2.21. The molecule has 1 N–H and O–H groups in total. The number of carboxylic acids is 1. The second-order valence-corrected chi connectivity index (χ2v) is 4.22. The fourth-order valence-electron chi connectivity index (χ4n) is 1.83. The van der Waals surface area contributed by atoms with Crippen molar-refractivity contribution >= 4 is 17.7 Å². The van der Waals surface area contributed by atoms with Gasteiger partial charge in [0, 0.05) is 12.1 Å². The minimum atomic E-state index is -1.07. The molecule has 0 fully saturated rings. The number of amides is 1. The summed E-state index contributed by atoms with van der Waals surface area (Å²) in [5, 5.41) is 8.82. The molecule has 0 aromatic heterocycles. The van der Waals surface area contributed by atoms with Crippen LogP contribution in [-0.2, 0) is 4.79 Å². The van der Waals surface area contributed by atoms with Crippen LogP contribution in [0.25, 0.3) is 0 Å². The third-order valence-electron chi connectivity index (χ3n) is 2.64. The average molecular weight is 263 g/mol. The Bertz CT molecular complexity index is 496. The molecule has 19 heavy (non-hydrogen) atoms. The van der Waals surface area contributed by atoms with Crippen LogP contribution in [0, 0.1) is 0 Å². The summed E-state index contributed by atoms with van der Waals surface area (Å²) >= 11 is 0. The normalized spacial score (nSPS) is 10.0. The van der Waals surface area contributed by atoms with Gasteiger partial charge in [-0.05, 0) is 19.4 Å². The van der Waals surface area contributed by atoms with Crippen LogP contribution < -0.4 is 0 Å². The van der Waals surface area contributed by atoms with Crippen LogP contribution in [-0.4, -0.2) is 40.8 Å². The van der Waals surface area contributed by atoms with Crippen molar-refractivity contribution in [1.82, 2.24) is 4.90 Å². The Balaban J connectivity index is 3.08. The molecule has 1 aromatic carbocycles. The summed E-state index contributed by atoms with van der Waals surface area (Å²) in [4.78, 5) is 35.8. The summed E-state index contributed by atoms with van der Waals surface area (Å²) in [7, 11) is 0. The van der Waals surface area contributed by atoms with E-state index in [0.29, 0.717) is 18.5 Å². The molecule has 0 aliphatic rings. The molecule has 0 aliphatic heterocycles. The topological polar surface area (TPSA) is 74.7 Å². The molecule has 0 heterocycles. The molecule has 0 spiro atoms. The number of hydrogen-bond donors (Lipinski definition) is 1. The van der Waals surface area contributed by atoms with Gasteiger partial charge in [0.1, 0.15) is 6.54 Å². The molecule has 0 unspecified atom stereocenters. The van der Waals surface area contributed by atoms with Gasteiger partial charge < -0.3 is 10.0 Å². The van der Waals surface area contributed by atoms with E-state index in [9.17, 15) is 14.4 Å². The Labute approximate surface area is 111 Å². The van der Waals surface area contributed by atoms with E-state index in [-0.39, 0.29) is 17.9 Å². The molecule has 0 radical (unpaired) electrons. The number of nitrogens with zero attached hydrogens (tertiary/aromatic N) is 1. The van der Waals surface area contributed by atoms with E-state index in [0.717, 1.165) is 0 Å². The summed E-state index contributed by atoms with van der Waals surface area (Å²) in [6.45, 7) is 3.22. The number of ketones is 1. The molecule has 1 rings (SSSR count). The lowest BCUT2D eigenvalue weighted by molar-refractivity contribution is -0.137. The first-order valence-corrected chi connectivity index (χ1v) is 6.08. The van der Waals surface area contributed by atoms with Crippen molar-refractivity contribution in [3.8, 4) is 0 Å². The van der Waals surface area contributed by atoms with Crippen LogP contribution in [0.3, 0.4) is 0 Å². The Hall–Kier alpha value is -2.17. The first-order valence-electron chi connectivity index (χ1n) is 6.08. The van der Waals surface area contributed by atoms with Crippen LogP contribution >= 0.6 is 0 Å². The highest BCUT2D eigenvalue weighted by molar-refractivity contribution is 6.07. The highest BCUT2D eigenvalue weighted by atomic mass is 16.4. The third-order valence-corrected chi connectivity index (χ3v) is 2.64. The lowest BCUT2D eigenvalue weighted by Crippen LogP contribution is -2.36. The highest BCUT2D eigenvalue weighted by Crippen LogP contribution is 2.13. The third kappa shape index (κ3) is 3.91. The maximum atomic E-state index is 12.3. The molecule has 102 valence electrons. The van der Waals surface area contributed by atoms with Crippen molar-refractivity contribution in [2.24, 2.45) is 0 Å². The number of benzene rings is 1. The van der Waals surface area contributed by atoms with E-state index < -0.39 is 11.9 Å². The summed E-state index contributed by atoms with van der Waals surface area (Å²) in [6, 6.07) is 6.45. The van der Waals surface area contributed by atoms with Crippen LogP contribution in [0.2, 0.25) is 0 Å². The second-order valence-electron chi connectivity index (χ2n) is 4.22. The first-order chi connectivity index (χ1) is 8.97. The molecule has 5 nitrogen and oxygen atoms in total. The van der Waals surface area contributed by atoms with Crippen molar-refractivity contribution in [3.05, 3.63) is 35.4 Å². The standard InChI is InChI=1S/C14H17NO4/c1-3-8-15(9-13(17)18)14(19)12-7-5-4-6-11(12)10(2)16/h4-7H,3,8-9H2,1-2H3,(H,17,18). The summed E-state index contributed by atoms with van der Waals surface area (Å²) in [5.41, 5.74) is 0.573. The number of rotatable bonds is 6. The van der Waals surface area contributed by atoms with Crippen LogP contribution in [0.1, 0.15) is 41.0 Å². The summed E-state index contributed by atoms with van der Waals surface area (Å²) in [5.74, 6) is -1.70. The first kappa shape index (κ1) is 14.9. The molecule has 1 amide bonds. The minimum absolute atomic E-state index is 0.212. The summed E-state index contributed by atoms with van der Waals surface area (Å²) < 4.78 is 0. The van der Waals surface area contributed by atoms with Crippen molar-refractivity contribution in [3.63, 3.8) is 0 Å². The average Bonchev–Trinajstić information content (AvgIpc) is 2.37. The number of carbonyl (C=O) groups is 3. The minimum Gasteiger partial charge on any atom is -0.480 e. The zero-order valence-electron chi connectivity index (χ0n) is 11.0. The fourth-order valence-corrected chi connectivity index (χ4v) is 1.83. The molecule has 0 aliphatic carbocycles. The van der Waals surface area contributed by atoms with Crippen molar-refractivity contribution in [2.45, 2.75) is 20.3 Å². The van der Waals surface area contributed by atoms with Crippen molar-refractivity contribution < 1.29 is 19.5 Å². The van der Waals surface area contributed by atoms with Gasteiger partial charge in [0.25, 0.3) is 5.91 Å². The maximum Gasteiger partial charge on any atom is 0.323 e. The van der Waals surface area contributed by atoms with Crippen LogP contribution in [0.5, 0.6) is 0 Å². The number of aliphatic carboxylic acids is 1. The van der Waals surface area contributed by atoms with Gasteiger partial charge in [-0.25, -0.2) is 0 Å². The zero-order valence-corrected chi connectivity index (χ0v) is 11.0. The Morgan fingerprint density at radius 2 is 1.74 bits per heavy atom. The van der Waals surface area contributed by atoms with Crippen molar-refractivity contribution in [1.29, 1.82) is 0 Å². The second kappa shape index (κ2) is 6.68. The van der Waals surface area contributed by atoms with E-state index in [4.69, 9.17) is 5.11 Å². The van der Waals surface area contributed by atoms with Gasteiger partial charge in [-0.3, -0.25) is 14.4 Å². The smallest absolute Gasteiger partial charge is 0.323 e. The number of hydrogen-bond acceptors (Lipinski definition) is 3. The van der Waals surface area contributed by atoms with Gasteiger partial charge in [0.2, 0.25) is 0 Å². The van der Waals surface area contributed by atoms with E-state index in [2.05, 4.69) is 0 Å². The van der Waals surface area contributed by atoms with Crippen LogP contribution in [0.15, 0.2) is 24.3 Å². The fraction of sp³-hybridized carbons (Fsp3) is 0.357. The zero-order chi connectivity index (χ0) is 14.4. The SMILES string of the molecule is CCCN(CC(=O)O)C(=O)c1ccccc1C(C)=O. The lowest BCUT2D eigenvalue weighted by atomic mass is 10.0. The highest BCUT2D eigenvalue weighted by Gasteiger charge is 2.21. The van der Waals surface area contributed by atoms with Gasteiger partial charge in [-0.2, -0.15) is 0 Å². The predicted octanol–water partition coefficient (Wildman–Crippen LogP) is 1.83. The number of Topliss-reactive ketones (excluding diaryl/α,β-unsaturated/α-hetero) is 1. The van der Waals surface area contributed by atoms with E-state index >= 15 is 0 Å². The maximum absolute atomic E-state index is 12.3. The number of carbonyl (C=O) groups excluding carboxylic acids is 2. The van der Waals surface area contributed by atoms with Gasteiger partial charge >= 0.3 is 5.97 Å². The number of carboxylic acid groups (broad SMARTS) is 1. The van der Waals surface area contributed by atoms with E-state index in [1.807, 2.05) is 6.92 Å². The molecule has 0 saturated heterocycles. The predicted molar refractivity (Wildman–Crippen MR) is 70.3 cm³/mol. The van der Waals surface area contributed by atoms with E-state index in [1.54, 1.807) is 24.3 Å². The Morgan fingerprint density at radius 1 is 1.16 bits per heavy atom. The Kier molecular flexibility index (Phi) is 5.23.